The Hall–Kier alpha value is -3.22. The summed E-state index contributed by atoms with van der Waals surface area (Å²) in [4.78, 5) is 27.9. The predicted octanol–water partition coefficient (Wildman–Crippen LogP) is 2.48. The highest BCUT2D eigenvalue weighted by Gasteiger charge is 2.31. The van der Waals surface area contributed by atoms with Gasteiger partial charge >= 0.3 is 0 Å². The summed E-state index contributed by atoms with van der Waals surface area (Å²) in [6, 6.07) is 7.22. The van der Waals surface area contributed by atoms with Gasteiger partial charge in [0.15, 0.2) is 17.3 Å². The van der Waals surface area contributed by atoms with E-state index in [2.05, 4.69) is 9.98 Å². The summed E-state index contributed by atoms with van der Waals surface area (Å²) < 4.78 is 10.8. The topological polar surface area (TPSA) is 76.4 Å². The van der Waals surface area contributed by atoms with E-state index in [1.165, 1.54) is 0 Å². The number of pyridine rings is 1. The SMILES string of the molecule is COc1cc2c(cc1OC)C1=NCCN1C(CC(=O)c1cccnc1)=N2. The predicted molar refractivity (Wildman–Crippen MR) is 97.9 cm³/mol. The molecule has 0 aliphatic carbocycles. The maximum atomic E-state index is 12.6. The van der Waals surface area contributed by atoms with Crippen molar-refractivity contribution in [3.05, 3.63) is 47.8 Å². The van der Waals surface area contributed by atoms with Crippen LogP contribution in [-0.4, -0.2) is 54.6 Å². The highest BCUT2D eigenvalue weighted by atomic mass is 16.5. The van der Waals surface area contributed by atoms with Crippen LogP contribution in [0.15, 0.2) is 46.6 Å². The van der Waals surface area contributed by atoms with Crippen LogP contribution in [0.1, 0.15) is 22.3 Å². The van der Waals surface area contributed by atoms with Crippen molar-refractivity contribution in [2.75, 3.05) is 27.3 Å². The molecule has 0 bridgehead atoms. The van der Waals surface area contributed by atoms with Gasteiger partial charge in [0, 0.05) is 36.1 Å². The highest BCUT2D eigenvalue weighted by molar-refractivity contribution is 6.21. The Labute approximate surface area is 151 Å². The van der Waals surface area contributed by atoms with Crippen LogP contribution in [0.2, 0.25) is 0 Å². The average Bonchev–Trinajstić information content (AvgIpc) is 3.18. The number of ketones is 1. The molecule has 2 aliphatic rings. The third-order valence-corrected chi connectivity index (χ3v) is 4.45. The molecule has 0 atom stereocenters. The molecule has 7 heteroatoms. The van der Waals surface area contributed by atoms with Crippen molar-refractivity contribution < 1.29 is 14.3 Å². The summed E-state index contributed by atoms with van der Waals surface area (Å²) in [5.74, 6) is 2.72. The van der Waals surface area contributed by atoms with Gasteiger partial charge in [-0.25, -0.2) is 4.99 Å². The summed E-state index contributed by atoms with van der Waals surface area (Å²) in [5.41, 5.74) is 2.19. The number of methoxy groups -OCH3 is 2. The zero-order valence-electron chi connectivity index (χ0n) is 14.6. The molecule has 3 heterocycles. The number of amidine groups is 2. The Bertz CT molecular complexity index is 922. The van der Waals surface area contributed by atoms with E-state index in [4.69, 9.17) is 14.5 Å². The van der Waals surface area contributed by atoms with E-state index in [0.717, 1.165) is 17.1 Å². The van der Waals surface area contributed by atoms with Gasteiger partial charge in [0.2, 0.25) is 0 Å². The van der Waals surface area contributed by atoms with Gasteiger partial charge < -0.3 is 14.4 Å². The summed E-state index contributed by atoms with van der Waals surface area (Å²) in [6.07, 6.45) is 3.42. The van der Waals surface area contributed by atoms with Crippen LogP contribution >= 0.6 is 0 Å². The molecule has 4 rings (SSSR count). The number of fused-ring (bicyclic) bond motifs is 3. The number of hydrogen-bond donors (Lipinski definition) is 0. The molecule has 0 radical (unpaired) electrons. The van der Waals surface area contributed by atoms with Gasteiger partial charge in [0.1, 0.15) is 11.7 Å². The fourth-order valence-corrected chi connectivity index (χ4v) is 3.18. The molecule has 2 aromatic rings. The third kappa shape index (κ3) is 2.71. The second-order valence-corrected chi connectivity index (χ2v) is 5.95. The van der Waals surface area contributed by atoms with Gasteiger partial charge in [-0.15, -0.1) is 0 Å². The number of carbonyl (C=O) groups is 1. The molecule has 26 heavy (non-hydrogen) atoms. The minimum Gasteiger partial charge on any atom is -0.493 e. The molecule has 1 aromatic carbocycles. The lowest BCUT2D eigenvalue weighted by Crippen LogP contribution is -2.38. The van der Waals surface area contributed by atoms with Crippen molar-refractivity contribution >= 4 is 23.1 Å². The van der Waals surface area contributed by atoms with Crippen LogP contribution in [0.25, 0.3) is 0 Å². The second-order valence-electron chi connectivity index (χ2n) is 5.95. The van der Waals surface area contributed by atoms with Crippen LogP contribution in [0.5, 0.6) is 11.5 Å². The zero-order valence-corrected chi connectivity index (χ0v) is 14.6. The van der Waals surface area contributed by atoms with Crippen LogP contribution in [-0.2, 0) is 0 Å². The lowest BCUT2D eigenvalue weighted by atomic mass is 10.0. The smallest absolute Gasteiger partial charge is 0.171 e. The molecule has 1 aromatic heterocycles. The second kappa shape index (κ2) is 6.59. The summed E-state index contributed by atoms with van der Waals surface area (Å²) in [6.45, 7) is 1.38. The van der Waals surface area contributed by atoms with Crippen molar-refractivity contribution in [3.63, 3.8) is 0 Å². The van der Waals surface area contributed by atoms with Crippen molar-refractivity contribution in [1.82, 2.24) is 9.88 Å². The maximum Gasteiger partial charge on any atom is 0.171 e. The van der Waals surface area contributed by atoms with E-state index >= 15 is 0 Å². The maximum absolute atomic E-state index is 12.6. The molecule has 0 saturated heterocycles. The lowest BCUT2D eigenvalue weighted by Gasteiger charge is -2.28. The van der Waals surface area contributed by atoms with Crippen molar-refractivity contribution in [3.8, 4) is 11.5 Å². The van der Waals surface area contributed by atoms with Crippen molar-refractivity contribution in [1.29, 1.82) is 0 Å². The number of Topliss-reactive ketones (excluding diaryl/α,β-unsaturated/α-hetero) is 1. The van der Waals surface area contributed by atoms with E-state index in [-0.39, 0.29) is 12.2 Å². The van der Waals surface area contributed by atoms with Gasteiger partial charge in [0.05, 0.1) is 32.9 Å². The van der Waals surface area contributed by atoms with E-state index in [1.807, 2.05) is 17.0 Å². The molecule has 132 valence electrons. The number of carbonyl (C=O) groups excluding carboxylic acids is 1. The van der Waals surface area contributed by atoms with Gasteiger partial charge in [-0.05, 0) is 18.2 Å². The fraction of sp³-hybridized carbons (Fsp3) is 0.263. The van der Waals surface area contributed by atoms with Crippen molar-refractivity contribution in [2.24, 2.45) is 9.98 Å². The Kier molecular flexibility index (Phi) is 4.12. The fourth-order valence-electron chi connectivity index (χ4n) is 3.18. The average molecular weight is 350 g/mol. The first-order valence-electron chi connectivity index (χ1n) is 8.30. The Balaban J connectivity index is 1.74. The number of benzene rings is 1. The standard InChI is InChI=1S/C19H18N4O3/c1-25-16-8-13-14(9-17(16)26-2)22-18(23-7-6-21-19(13)23)10-15(24)12-4-3-5-20-11-12/h3-5,8-9,11H,6-7,10H2,1-2H3. The number of rotatable bonds is 5. The Morgan fingerprint density at radius 3 is 2.77 bits per heavy atom. The van der Waals surface area contributed by atoms with Gasteiger partial charge in [-0.1, -0.05) is 0 Å². The number of aromatic nitrogens is 1. The zero-order chi connectivity index (χ0) is 18.1. The van der Waals surface area contributed by atoms with Gasteiger partial charge in [0.25, 0.3) is 0 Å². The molecule has 0 fully saturated rings. The molecule has 0 spiro atoms. The first-order valence-corrected chi connectivity index (χ1v) is 8.30. The van der Waals surface area contributed by atoms with E-state index < -0.39 is 0 Å². The van der Waals surface area contributed by atoms with Crippen molar-refractivity contribution in [2.45, 2.75) is 6.42 Å². The van der Waals surface area contributed by atoms with Crippen LogP contribution in [0.4, 0.5) is 5.69 Å². The minimum absolute atomic E-state index is 0.0213. The first-order chi connectivity index (χ1) is 12.7. The third-order valence-electron chi connectivity index (χ3n) is 4.45. The molecule has 2 aliphatic heterocycles. The monoisotopic (exact) mass is 350 g/mol. The molecule has 0 saturated carbocycles. The summed E-state index contributed by atoms with van der Waals surface area (Å²) in [5, 5.41) is 0. The number of hydrogen-bond acceptors (Lipinski definition) is 7. The molecular weight excluding hydrogens is 332 g/mol. The van der Waals surface area contributed by atoms with Crippen LogP contribution < -0.4 is 9.47 Å². The van der Waals surface area contributed by atoms with Gasteiger partial charge in [-0.3, -0.25) is 14.8 Å². The largest absolute Gasteiger partial charge is 0.493 e. The number of aliphatic imine (C=N–C) groups is 2. The van der Waals surface area contributed by atoms with Crippen LogP contribution in [0, 0.1) is 0 Å². The quantitative estimate of drug-likeness (QED) is 0.774. The van der Waals surface area contributed by atoms with E-state index in [1.54, 1.807) is 38.7 Å². The molecule has 0 unspecified atom stereocenters. The van der Waals surface area contributed by atoms with Crippen LogP contribution in [0.3, 0.4) is 0 Å². The minimum atomic E-state index is -0.0213. The normalized spacial score (nSPS) is 14.9. The lowest BCUT2D eigenvalue weighted by molar-refractivity contribution is 0.0998. The summed E-state index contributed by atoms with van der Waals surface area (Å²) in [7, 11) is 3.19. The number of nitrogens with zero attached hydrogens (tertiary/aromatic N) is 4. The van der Waals surface area contributed by atoms with E-state index in [9.17, 15) is 4.79 Å². The summed E-state index contributed by atoms with van der Waals surface area (Å²) >= 11 is 0. The number of ether oxygens (including phenoxy) is 2. The molecule has 0 amide bonds. The molecule has 7 nitrogen and oxygen atoms in total. The molecular formula is C19H18N4O3. The van der Waals surface area contributed by atoms with E-state index in [0.29, 0.717) is 36.0 Å². The van der Waals surface area contributed by atoms with Gasteiger partial charge in [-0.2, -0.15) is 0 Å². The Morgan fingerprint density at radius 2 is 2.04 bits per heavy atom. The highest BCUT2D eigenvalue weighted by Crippen LogP contribution is 2.38. The molecule has 0 N–H and O–H groups in total. The Morgan fingerprint density at radius 1 is 1.23 bits per heavy atom. The first kappa shape index (κ1) is 16.3.